The van der Waals surface area contributed by atoms with E-state index >= 15 is 0 Å². The molecule has 0 amide bonds. The lowest BCUT2D eigenvalue weighted by molar-refractivity contribution is 0.622. The van der Waals surface area contributed by atoms with E-state index in [9.17, 15) is 9.18 Å². The first-order chi connectivity index (χ1) is 8.08. The Morgan fingerprint density at radius 2 is 2.24 bits per heavy atom. The van der Waals surface area contributed by atoms with E-state index in [0.29, 0.717) is 16.7 Å². The van der Waals surface area contributed by atoms with Crippen LogP contribution in [0.1, 0.15) is 11.3 Å². The van der Waals surface area contributed by atoms with Gasteiger partial charge in [0.25, 0.3) is 5.56 Å². The molecule has 17 heavy (non-hydrogen) atoms. The van der Waals surface area contributed by atoms with Gasteiger partial charge in [-0.2, -0.15) is 0 Å². The Kier molecular flexibility index (Phi) is 3.38. The van der Waals surface area contributed by atoms with Gasteiger partial charge in [0, 0.05) is 0 Å². The molecule has 1 heterocycles. The van der Waals surface area contributed by atoms with Crippen LogP contribution < -0.4 is 5.56 Å². The maximum atomic E-state index is 13.0. The Morgan fingerprint density at radius 1 is 1.47 bits per heavy atom. The third kappa shape index (κ3) is 2.61. The van der Waals surface area contributed by atoms with E-state index in [1.165, 1.54) is 23.0 Å². The molecule has 0 saturated carbocycles. The van der Waals surface area contributed by atoms with Crippen LogP contribution in [0.4, 0.5) is 4.39 Å². The van der Waals surface area contributed by atoms with Crippen LogP contribution in [0.2, 0.25) is 0 Å². The average Bonchev–Trinajstić information content (AvgIpc) is 2.30. The fraction of sp³-hybridized carbons (Fsp3) is 0.167. The number of hydrogen-bond acceptors (Lipinski definition) is 2. The van der Waals surface area contributed by atoms with Crippen LogP contribution in [0.3, 0.4) is 0 Å². The van der Waals surface area contributed by atoms with Crippen LogP contribution in [0.15, 0.2) is 39.9 Å². The van der Waals surface area contributed by atoms with Gasteiger partial charge in [0.05, 0.1) is 18.6 Å². The molecule has 3 nitrogen and oxygen atoms in total. The molecule has 0 radical (unpaired) electrons. The van der Waals surface area contributed by atoms with Gasteiger partial charge >= 0.3 is 0 Å². The third-order valence-corrected chi connectivity index (χ3v) is 3.31. The second kappa shape index (κ2) is 4.79. The maximum Gasteiger partial charge on any atom is 0.268 e. The minimum atomic E-state index is -0.310. The lowest BCUT2D eigenvalue weighted by Crippen LogP contribution is -2.22. The number of nitrogens with zero attached hydrogens (tertiary/aromatic N) is 2. The Hall–Kier alpha value is -1.49. The van der Waals surface area contributed by atoms with Gasteiger partial charge in [0.2, 0.25) is 0 Å². The summed E-state index contributed by atoms with van der Waals surface area (Å²) in [7, 11) is 0. The largest absolute Gasteiger partial charge is 0.294 e. The molecule has 0 aliphatic rings. The van der Waals surface area contributed by atoms with Crippen LogP contribution in [-0.4, -0.2) is 9.55 Å². The van der Waals surface area contributed by atoms with Crippen LogP contribution in [-0.2, 0) is 6.54 Å². The minimum absolute atomic E-state index is 0.165. The fourth-order valence-corrected chi connectivity index (χ4v) is 1.82. The number of hydrogen-bond donors (Lipinski definition) is 0. The predicted molar refractivity (Wildman–Crippen MR) is 66.4 cm³/mol. The SMILES string of the molecule is Cc1ncn(Cc2cccc(F)c2)c(=O)c1Br. The van der Waals surface area contributed by atoms with Crippen molar-refractivity contribution in [3.05, 3.63) is 62.5 Å². The van der Waals surface area contributed by atoms with E-state index in [-0.39, 0.29) is 11.4 Å². The molecule has 5 heteroatoms. The fourth-order valence-electron chi connectivity index (χ4n) is 1.49. The third-order valence-electron chi connectivity index (χ3n) is 2.40. The van der Waals surface area contributed by atoms with Crippen molar-refractivity contribution in [1.82, 2.24) is 9.55 Å². The van der Waals surface area contributed by atoms with Crippen molar-refractivity contribution in [2.45, 2.75) is 13.5 Å². The van der Waals surface area contributed by atoms with Gasteiger partial charge in [0.1, 0.15) is 10.3 Å². The zero-order valence-electron chi connectivity index (χ0n) is 9.15. The van der Waals surface area contributed by atoms with E-state index in [4.69, 9.17) is 0 Å². The topological polar surface area (TPSA) is 34.9 Å². The van der Waals surface area contributed by atoms with Crippen LogP contribution in [0.25, 0.3) is 0 Å². The molecule has 0 aliphatic carbocycles. The summed E-state index contributed by atoms with van der Waals surface area (Å²) >= 11 is 3.19. The summed E-state index contributed by atoms with van der Waals surface area (Å²) in [6.45, 7) is 2.06. The molecule has 1 aromatic heterocycles. The lowest BCUT2D eigenvalue weighted by Gasteiger charge is -2.07. The van der Waals surface area contributed by atoms with Gasteiger partial charge < -0.3 is 0 Å². The lowest BCUT2D eigenvalue weighted by atomic mass is 10.2. The number of aryl methyl sites for hydroxylation is 1. The molecule has 0 aliphatic heterocycles. The van der Waals surface area contributed by atoms with Crippen molar-refractivity contribution in [2.75, 3.05) is 0 Å². The number of benzene rings is 1. The molecule has 2 rings (SSSR count). The zero-order valence-corrected chi connectivity index (χ0v) is 10.7. The van der Waals surface area contributed by atoms with Gasteiger partial charge in [-0.3, -0.25) is 9.36 Å². The van der Waals surface area contributed by atoms with E-state index < -0.39 is 0 Å². The number of aromatic nitrogens is 2. The Morgan fingerprint density at radius 3 is 2.94 bits per heavy atom. The maximum absolute atomic E-state index is 13.0. The van der Waals surface area contributed by atoms with Crippen molar-refractivity contribution in [2.24, 2.45) is 0 Å². The van der Waals surface area contributed by atoms with Crippen molar-refractivity contribution < 1.29 is 4.39 Å². The highest BCUT2D eigenvalue weighted by Gasteiger charge is 2.06. The molecular formula is C12H10BrFN2O. The highest BCUT2D eigenvalue weighted by Crippen LogP contribution is 2.08. The normalized spacial score (nSPS) is 10.5. The van der Waals surface area contributed by atoms with Crippen molar-refractivity contribution in [1.29, 1.82) is 0 Å². The number of halogens is 2. The second-order valence-electron chi connectivity index (χ2n) is 3.71. The molecule has 0 atom stereocenters. The zero-order chi connectivity index (χ0) is 12.4. The summed E-state index contributed by atoms with van der Waals surface area (Å²) in [5.74, 6) is -0.310. The standard InChI is InChI=1S/C12H10BrFN2O/c1-8-11(13)12(17)16(7-15-8)6-9-3-2-4-10(14)5-9/h2-5,7H,6H2,1H3. The molecule has 0 spiro atoms. The van der Waals surface area contributed by atoms with E-state index in [2.05, 4.69) is 20.9 Å². The van der Waals surface area contributed by atoms with Crippen LogP contribution in [0.5, 0.6) is 0 Å². The molecule has 0 N–H and O–H groups in total. The average molecular weight is 297 g/mol. The van der Waals surface area contributed by atoms with E-state index in [0.717, 1.165) is 5.56 Å². The molecule has 2 aromatic rings. The summed E-state index contributed by atoms with van der Waals surface area (Å²) in [5.41, 5.74) is 1.21. The van der Waals surface area contributed by atoms with Crippen molar-refractivity contribution in [3.8, 4) is 0 Å². The summed E-state index contributed by atoms with van der Waals surface area (Å²) in [6, 6.07) is 6.16. The summed E-state index contributed by atoms with van der Waals surface area (Å²) in [6.07, 6.45) is 1.47. The van der Waals surface area contributed by atoms with Gasteiger partial charge in [-0.25, -0.2) is 9.37 Å². The molecule has 0 saturated heterocycles. The van der Waals surface area contributed by atoms with E-state index in [1.807, 2.05) is 0 Å². The van der Waals surface area contributed by atoms with Gasteiger partial charge in [-0.15, -0.1) is 0 Å². The second-order valence-corrected chi connectivity index (χ2v) is 4.50. The first-order valence-electron chi connectivity index (χ1n) is 5.04. The summed E-state index contributed by atoms with van der Waals surface area (Å²) in [5, 5.41) is 0. The molecule has 0 bridgehead atoms. The monoisotopic (exact) mass is 296 g/mol. The van der Waals surface area contributed by atoms with Gasteiger partial charge in [-0.05, 0) is 40.5 Å². The van der Waals surface area contributed by atoms with Gasteiger partial charge in [-0.1, -0.05) is 12.1 Å². The molecular weight excluding hydrogens is 287 g/mol. The summed E-state index contributed by atoms with van der Waals surface area (Å²) < 4.78 is 14.9. The van der Waals surface area contributed by atoms with Crippen molar-refractivity contribution >= 4 is 15.9 Å². The van der Waals surface area contributed by atoms with Crippen LogP contribution >= 0.6 is 15.9 Å². The summed E-state index contributed by atoms with van der Waals surface area (Å²) in [4.78, 5) is 15.9. The highest BCUT2D eigenvalue weighted by atomic mass is 79.9. The molecule has 88 valence electrons. The smallest absolute Gasteiger partial charge is 0.268 e. The molecule has 1 aromatic carbocycles. The first-order valence-corrected chi connectivity index (χ1v) is 5.83. The van der Waals surface area contributed by atoms with E-state index in [1.54, 1.807) is 19.1 Å². The number of rotatable bonds is 2. The Balaban J connectivity index is 2.37. The van der Waals surface area contributed by atoms with Crippen LogP contribution in [0, 0.1) is 12.7 Å². The van der Waals surface area contributed by atoms with Gasteiger partial charge in [0.15, 0.2) is 0 Å². The molecule has 0 fully saturated rings. The predicted octanol–water partition coefficient (Wildman–Crippen LogP) is 2.50. The Bertz CT molecular complexity index is 610. The molecule has 0 unspecified atom stereocenters. The Labute approximate surface area is 106 Å². The highest BCUT2D eigenvalue weighted by molar-refractivity contribution is 9.10. The first kappa shape index (κ1) is 12.0. The quantitative estimate of drug-likeness (QED) is 0.853. The minimum Gasteiger partial charge on any atom is -0.294 e. The van der Waals surface area contributed by atoms with Crippen molar-refractivity contribution in [3.63, 3.8) is 0 Å².